The summed E-state index contributed by atoms with van der Waals surface area (Å²) in [4.78, 5) is 10.5. The van der Waals surface area contributed by atoms with Crippen LogP contribution < -0.4 is 14.8 Å². The van der Waals surface area contributed by atoms with Crippen LogP contribution in [0.15, 0.2) is 18.2 Å². The fraction of sp³-hybridized carbons (Fsp3) is 0.500. The number of hydrogen-bond donors (Lipinski definition) is 2. The highest BCUT2D eigenvalue weighted by atomic mass is 16.5. The zero-order valence-corrected chi connectivity index (χ0v) is 11.4. The molecule has 1 rings (SSSR count). The third kappa shape index (κ3) is 5.61. The molecule has 0 radical (unpaired) electrons. The number of ether oxygens (including phenoxy) is 2. The van der Waals surface area contributed by atoms with E-state index in [9.17, 15) is 4.79 Å². The SMILES string of the molecule is CCCCNCc1ccc(OCC(=O)O)c(OC)c1. The highest BCUT2D eigenvalue weighted by Crippen LogP contribution is 2.27. The smallest absolute Gasteiger partial charge is 0.341 e. The molecule has 0 saturated carbocycles. The van der Waals surface area contributed by atoms with Gasteiger partial charge in [-0.05, 0) is 30.7 Å². The van der Waals surface area contributed by atoms with Crippen molar-refractivity contribution in [3.05, 3.63) is 23.8 Å². The highest BCUT2D eigenvalue weighted by Gasteiger charge is 2.07. The van der Waals surface area contributed by atoms with E-state index in [0.29, 0.717) is 11.5 Å². The average molecular weight is 267 g/mol. The topological polar surface area (TPSA) is 67.8 Å². The molecule has 0 aliphatic rings. The van der Waals surface area contributed by atoms with Crippen LogP contribution in [0.4, 0.5) is 0 Å². The Morgan fingerprint density at radius 2 is 2.16 bits per heavy atom. The standard InChI is InChI=1S/C14H21NO4/c1-3-4-7-15-9-11-5-6-12(13(8-11)18-2)19-10-14(16)17/h5-6,8,15H,3-4,7,9-10H2,1-2H3,(H,16,17). The lowest BCUT2D eigenvalue weighted by molar-refractivity contribution is -0.139. The lowest BCUT2D eigenvalue weighted by atomic mass is 10.2. The molecule has 0 heterocycles. The van der Waals surface area contributed by atoms with Gasteiger partial charge in [0.25, 0.3) is 0 Å². The lowest BCUT2D eigenvalue weighted by Crippen LogP contribution is -2.14. The summed E-state index contributed by atoms with van der Waals surface area (Å²) in [6.07, 6.45) is 2.31. The van der Waals surface area contributed by atoms with Crippen LogP contribution in [-0.4, -0.2) is 31.3 Å². The summed E-state index contributed by atoms with van der Waals surface area (Å²) in [6.45, 7) is 3.52. The van der Waals surface area contributed by atoms with Crippen LogP contribution in [0.25, 0.3) is 0 Å². The molecule has 1 aromatic rings. The summed E-state index contributed by atoms with van der Waals surface area (Å²) < 4.78 is 10.3. The molecule has 0 amide bonds. The van der Waals surface area contributed by atoms with Gasteiger partial charge in [-0.3, -0.25) is 0 Å². The van der Waals surface area contributed by atoms with Crippen molar-refractivity contribution in [2.45, 2.75) is 26.3 Å². The number of nitrogens with one attached hydrogen (secondary N) is 1. The van der Waals surface area contributed by atoms with Crippen molar-refractivity contribution < 1.29 is 19.4 Å². The Morgan fingerprint density at radius 3 is 2.79 bits per heavy atom. The third-order valence-corrected chi connectivity index (χ3v) is 2.62. The predicted molar refractivity (Wildman–Crippen MR) is 72.7 cm³/mol. The van der Waals surface area contributed by atoms with Gasteiger partial charge in [0.2, 0.25) is 0 Å². The molecule has 19 heavy (non-hydrogen) atoms. The molecule has 5 heteroatoms. The van der Waals surface area contributed by atoms with Gasteiger partial charge in [0, 0.05) is 6.54 Å². The first-order chi connectivity index (χ1) is 9.17. The van der Waals surface area contributed by atoms with E-state index in [0.717, 1.165) is 31.5 Å². The summed E-state index contributed by atoms with van der Waals surface area (Å²) in [5.41, 5.74) is 1.08. The monoisotopic (exact) mass is 267 g/mol. The van der Waals surface area contributed by atoms with Crippen LogP contribution in [0.1, 0.15) is 25.3 Å². The number of carboxylic acid groups (broad SMARTS) is 1. The number of unbranched alkanes of at least 4 members (excludes halogenated alkanes) is 1. The number of hydrogen-bond acceptors (Lipinski definition) is 4. The molecular formula is C14H21NO4. The van der Waals surface area contributed by atoms with Gasteiger partial charge in [0.15, 0.2) is 18.1 Å². The van der Waals surface area contributed by atoms with Crippen molar-refractivity contribution in [3.8, 4) is 11.5 Å². The van der Waals surface area contributed by atoms with Crippen LogP contribution >= 0.6 is 0 Å². The van der Waals surface area contributed by atoms with E-state index in [1.54, 1.807) is 6.07 Å². The summed E-state index contributed by atoms with van der Waals surface area (Å²) in [7, 11) is 1.54. The molecule has 0 aliphatic heterocycles. The zero-order chi connectivity index (χ0) is 14.1. The average Bonchev–Trinajstić information content (AvgIpc) is 2.41. The van der Waals surface area contributed by atoms with E-state index in [1.165, 1.54) is 7.11 Å². The second kappa shape index (κ2) is 8.37. The van der Waals surface area contributed by atoms with Crippen molar-refractivity contribution in [1.29, 1.82) is 0 Å². The minimum absolute atomic E-state index is 0.371. The molecule has 0 aromatic heterocycles. The molecule has 2 N–H and O–H groups in total. The Kier molecular flexibility index (Phi) is 6.74. The number of rotatable bonds is 9. The summed E-state index contributed by atoms with van der Waals surface area (Å²) in [5, 5.41) is 11.9. The van der Waals surface area contributed by atoms with Crippen LogP contribution in [0, 0.1) is 0 Å². The van der Waals surface area contributed by atoms with E-state index in [1.807, 2.05) is 12.1 Å². The van der Waals surface area contributed by atoms with Gasteiger partial charge in [-0.15, -0.1) is 0 Å². The Labute approximate surface area is 113 Å². The molecule has 0 spiro atoms. The maximum atomic E-state index is 10.5. The fourth-order valence-corrected chi connectivity index (χ4v) is 1.62. The Balaban J connectivity index is 2.59. The molecule has 0 unspecified atom stereocenters. The first-order valence-corrected chi connectivity index (χ1v) is 6.39. The number of carbonyl (C=O) groups is 1. The molecule has 1 aromatic carbocycles. The van der Waals surface area contributed by atoms with E-state index in [-0.39, 0.29) is 6.61 Å². The number of carboxylic acids is 1. The quantitative estimate of drug-likeness (QED) is 0.670. The predicted octanol–water partition coefficient (Wildman–Crippen LogP) is 2.05. The van der Waals surface area contributed by atoms with E-state index < -0.39 is 5.97 Å². The molecule has 5 nitrogen and oxygen atoms in total. The number of aliphatic carboxylic acids is 1. The van der Waals surface area contributed by atoms with Crippen LogP contribution in [-0.2, 0) is 11.3 Å². The minimum Gasteiger partial charge on any atom is -0.493 e. The molecule has 0 saturated heterocycles. The van der Waals surface area contributed by atoms with Gasteiger partial charge in [-0.1, -0.05) is 19.4 Å². The maximum Gasteiger partial charge on any atom is 0.341 e. The second-order valence-corrected chi connectivity index (χ2v) is 4.20. The maximum absolute atomic E-state index is 10.5. The molecule has 0 aliphatic carbocycles. The van der Waals surface area contributed by atoms with Crippen LogP contribution in [0.2, 0.25) is 0 Å². The summed E-state index contributed by atoms with van der Waals surface area (Å²) in [5.74, 6) is -0.00869. The highest BCUT2D eigenvalue weighted by molar-refractivity contribution is 5.68. The van der Waals surface area contributed by atoms with Gasteiger partial charge in [0.1, 0.15) is 0 Å². The summed E-state index contributed by atoms with van der Waals surface area (Å²) in [6, 6.07) is 5.49. The Morgan fingerprint density at radius 1 is 1.37 bits per heavy atom. The van der Waals surface area contributed by atoms with Gasteiger partial charge in [-0.2, -0.15) is 0 Å². The van der Waals surface area contributed by atoms with Crippen molar-refractivity contribution >= 4 is 5.97 Å². The van der Waals surface area contributed by atoms with Gasteiger partial charge >= 0.3 is 5.97 Å². The van der Waals surface area contributed by atoms with Gasteiger partial charge in [0.05, 0.1) is 7.11 Å². The van der Waals surface area contributed by atoms with Crippen molar-refractivity contribution in [2.75, 3.05) is 20.3 Å². The Bertz CT molecular complexity index is 406. The molecular weight excluding hydrogens is 246 g/mol. The minimum atomic E-state index is -1.01. The normalized spacial score (nSPS) is 10.2. The fourth-order valence-electron chi connectivity index (χ4n) is 1.62. The first kappa shape index (κ1) is 15.3. The van der Waals surface area contributed by atoms with Crippen LogP contribution in [0.5, 0.6) is 11.5 Å². The van der Waals surface area contributed by atoms with Crippen LogP contribution in [0.3, 0.4) is 0 Å². The zero-order valence-electron chi connectivity index (χ0n) is 11.4. The van der Waals surface area contributed by atoms with Crippen molar-refractivity contribution in [1.82, 2.24) is 5.32 Å². The first-order valence-electron chi connectivity index (χ1n) is 6.39. The number of methoxy groups -OCH3 is 1. The van der Waals surface area contributed by atoms with E-state index >= 15 is 0 Å². The number of benzene rings is 1. The van der Waals surface area contributed by atoms with E-state index in [4.69, 9.17) is 14.6 Å². The summed E-state index contributed by atoms with van der Waals surface area (Å²) >= 11 is 0. The van der Waals surface area contributed by atoms with Crippen molar-refractivity contribution in [3.63, 3.8) is 0 Å². The van der Waals surface area contributed by atoms with E-state index in [2.05, 4.69) is 12.2 Å². The Hall–Kier alpha value is -1.75. The van der Waals surface area contributed by atoms with Gasteiger partial charge in [-0.25, -0.2) is 4.79 Å². The van der Waals surface area contributed by atoms with Gasteiger partial charge < -0.3 is 19.9 Å². The third-order valence-electron chi connectivity index (χ3n) is 2.62. The lowest BCUT2D eigenvalue weighted by Gasteiger charge is -2.11. The molecule has 0 fully saturated rings. The molecule has 106 valence electrons. The molecule has 0 bridgehead atoms. The van der Waals surface area contributed by atoms with Crippen molar-refractivity contribution in [2.24, 2.45) is 0 Å². The second-order valence-electron chi connectivity index (χ2n) is 4.20. The largest absolute Gasteiger partial charge is 0.493 e. The molecule has 0 atom stereocenters.